The topological polar surface area (TPSA) is 95.7 Å². The van der Waals surface area contributed by atoms with Crippen LogP contribution in [0.5, 0.6) is 0 Å². The highest BCUT2D eigenvalue weighted by atomic mass is 32.2. The number of hydrogen-bond acceptors (Lipinski definition) is 6. The SMILES string of the molecule is Cc1sc(C(=O)OCC2CCCO2)cc1S(N)(=O)=O. The number of rotatable bonds is 4. The van der Waals surface area contributed by atoms with E-state index in [2.05, 4.69) is 0 Å². The number of carbonyl (C=O) groups excluding carboxylic acids is 1. The molecular formula is C11H15NO5S2. The Morgan fingerprint density at radius 2 is 2.37 bits per heavy atom. The molecule has 1 aliphatic heterocycles. The van der Waals surface area contributed by atoms with Crippen molar-refractivity contribution in [3.05, 3.63) is 15.8 Å². The summed E-state index contributed by atoms with van der Waals surface area (Å²) in [4.78, 5) is 12.5. The molecular weight excluding hydrogens is 290 g/mol. The van der Waals surface area contributed by atoms with Crippen molar-refractivity contribution in [3.63, 3.8) is 0 Å². The Morgan fingerprint density at radius 1 is 1.63 bits per heavy atom. The van der Waals surface area contributed by atoms with Crippen LogP contribution in [0.15, 0.2) is 11.0 Å². The van der Waals surface area contributed by atoms with E-state index < -0.39 is 16.0 Å². The Kier molecular flexibility index (Phi) is 4.24. The first-order valence-corrected chi connectivity index (χ1v) is 8.16. The van der Waals surface area contributed by atoms with E-state index in [0.717, 1.165) is 24.2 Å². The number of aryl methyl sites for hydroxylation is 1. The van der Waals surface area contributed by atoms with Gasteiger partial charge in [0.2, 0.25) is 10.0 Å². The lowest BCUT2D eigenvalue weighted by Crippen LogP contribution is -2.17. The summed E-state index contributed by atoms with van der Waals surface area (Å²) >= 11 is 1.06. The van der Waals surface area contributed by atoms with Gasteiger partial charge in [0.25, 0.3) is 0 Å². The summed E-state index contributed by atoms with van der Waals surface area (Å²) in [5, 5.41) is 5.05. The molecule has 0 aliphatic carbocycles. The molecule has 1 aliphatic rings. The molecule has 2 heterocycles. The van der Waals surface area contributed by atoms with Gasteiger partial charge >= 0.3 is 5.97 Å². The molecule has 106 valence electrons. The molecule has 1 saturated heterocycles. The molecule has 6 nitrogen and oxygen atoms in total. The fraction of sp³-hybridized carbons (Fsp3) is 0.545. The standard InChI is InChI=1S/C11H15NO5S2/c1-7-10(19(12,14)15)5-9(18-7)11(13)17-6-8-3-2-4-16-8/h5,8H,2-4,6H2,1H3,(H2,12,14,15). The average Bonchev–Trinajstić information content (AvgIpc) is 2.93. The minimum atomic E-state index is -3.80. The number of ether oxygens (including phenoxy) is 2. The molecule has 0 radical (unpaired) electrons. The van der Waals surface area contributed by atoms with Gasteiger partial charge in [-0.15, -0.1) is 11.3 Å². The number of nitrogens with two attached hydrogens (primary N) is 1. The van der Waals surface area contributed by atoms with Gasteiger partial charge in [0.05, 0.1) is 11.0 Å². The maximum Gasteiger partial charge on any atom is 0.348 e. The van der Waals surface area contributed by atoms with Gasteiger partial charge in [0, 0.05) is 11.5 Å². The van der Waals surface area contributed by atoms with Crippen LogP contribution in [0.2, 0.25) is 0 Å². The highest BCUT2D eigenvalue weighted by molar-refractivity contribution is 7.89. The summed E-state index contributed by atoms with van der Waals surface area (Å²) < 4.78 is 33.0. The molecule has 1 atom stereocenters. The van der Waals surface area contributed by atoms with Crippen LogP contribution in [-0.4, -0.2) is 33.7 Å². The number of carbonyl (C=O) groups is 1. The fourth-order valence-electron chi connectivity index (χ4n) is 1.86. The quantitative estimate of drug-likeness (QED) is 0.838. The van der Waals surface area contributed by atoms with E-state index in [9.17, 15) is 13.2 Å². The highest BCUT2D eigenvalue weighted by Gasteiger charge is 2.22. The summed E-state index contributed by atoms with van der Waals surface area (Å²) in [5.74, 6) is -0.543. The summed E-state index contributed by atoms with van der Waals surface area (Å²) in [6, 6.07) is 1.26. The summed E-state index contributed by atoms with van der Waals surface area (Å²) in [5.41, 5.74) is 0. The molecule has 1 fully saturated rings. The van der Waals surface area contributed by atoms with Gasteiger partial charge in [-0.3, -0.25) is 0 Å². The van der Waals surface area contributed by atoms with Gasteiger partial charge < -0.3 is 9.47 Å². The predicted molar refractivity (Wildman–Crippen MR) is 69.7 cm³/mol. The molecule has 0 amide bonds. The van der Waals surface area contributed by atoms with E-state index in [4.69, 9.17) is 14.6 Å². The molecule has 0 saturated carbocycles. The number of sulfonamides is 1. The normalized spacial score (nSPS) is 19.6. The molecule has 2 N–H and O–H groups in total. The van der Waals surface area contributed by atoms with Crippen LogP contribution >= 0.6 is 11.3 Å². The van der Waals surface area contributed by atoms with Crippen LogP contribution < -0.4 is 5.14 Å². The Hall–Kier alpha value is -0.960. The molecule has 1 aromatic heterocycles. The summed E-state index contributed by atoms with van der Waals surface area (Å²) in [7, 11) is -3.80. The third-order valence-electron chi connectivity index (χ3n) is 2.80. The maximum absolute atomic E-state index is 11.8. The molecule has 1 unspecified atom stereocenters. The summed E-state index contributed by atoms with van der Waals surface area (Å²) in [6.45, 7) is 2.48. The monoisotopic (exact) mass is 305 g/mol. The van der Waals surface area contributed by atoms with E-state index in [1.165, 1.54) is 6.07 Å². The molecule has 19 heavy (non-hydrogen) atoms. The number of esters is 1. The molecule has 2 rings (SSSR count). The zero-order valence-corrected chi connectivity index (χ0v) is 12.1. The van der Waals surface area contributed by atoms with E-state index >= 15 is 0 Å². The van der Waals surface area contributed by atoms with E-state index in [-0.39, 0.29) is 22.5 Å². The van der Waals surface area contributed by atoms with Crippen LogP contribution in [0.1, 0.15) is 27.4 Å². The van der Waals surface area contributed by atoms with Crippen LogP contribution in [0.3, 0.4) is 0 Å². The van der Waals surface area contributed by atoms with Crippen molar-refractivity contribution in [2.24, 2.45) is 5.14 Å². The smallest absolute Gasteiger partial charge is 0.348 e. The first kappa shape index (κ1) is 14.4. The third-order valence-corrected chi connectivity index (χ3v) is 5.00. The van der Waals surface area contributed by atoms with Gasteiger partial charge in [0.15, 0.2) is 0 Å². The Bertz CT molecular complexity index is 572. The minimum absolute atomic E-state index is 0.0263. The largest absolute Gasteiger partial charge is 0.459 e. The molecule has 0 aromatic carbocycles. The lowest BCUT2D eigenvalue weighted by atomic mass is 10.2. The lowest BCUT2D eigenvalue weighted by Gasteiger charge is -2.08. The number of thiophene rings is 1. The van der Waals surface area contributed by atoms with Gasteiger partial charge in [-0.25, -0.2) is 18.4 Å². The van der Waals surface area contributed by atoms with Crippen molar-refractivity contribution in [1.82, 2.24) is 0 Å². The second-order valence-corrected chi connectivity index (χ2v) is 7.10. The Labute approximate surface area is 115 Å². The predicted octanol–water partition coefficient (Wildman–Crippen LogP) is 1.04. The van der Waals surface area contributed by atoms with Gasteiger partial charge in [-0.05, 0) is 25.8 Å². The van der Waals surface area contributed by atoms with Crippen molar-refractivity contribution in [2.75, 3.05) is 13.2 Å². The maximum atomic E-state index is 11.8. The second-order valence-electron chi connectivity index (χ2n) is 4.31. The van der Waals surface area contributed by atoms with Gasteiger partial charge in [-0.2, -0.15) is 0 Å². The molecule has 0 bridgehead atoms. The first-order valence-electron chi connectivity index (χ1n) is 5.80. The van der Waals surface area contributed by atoms with Crippen molar-refractivity contribution in [3.8, 4) is 0 Å². The summed E-state index contributed by atoms with van der Waals surface area (Å²) in [6.07, 6.45) is 1.79. The minimum Gasteiger partial charge on any atom is -0.459 e. The second kappa shape index (κ2) is 5.58. The molecule has 0 spiro atoms. The zero-order chi connectivity index (χ0) is 14.0. The van der Waals surface area contributed by atoms with Crippen molar-refractivity contribution in [2.45, 2.75) is 30.8 Å². The van der Waals surface area contributed by atoms with Crippen molar-refractivity contribution in [1.29, 1.82) is 0 Å². The third kappa shape index (κ3) is 3.53. The first-order chi connectivity index (χ1) is 8.88. The van der Waals surface area contributed by atoms with Gasteiger partial charge in [-0.1, -0.05) is 0 Å². The van der Waals surface area contributed by atoms with E-state index in [0.29, 0.717) is 11.5 Å². The Balaban J connectivity index is 2.03. The highest BCUT2D eigenvalue weighted by Crippen LogP contribution is 2.25. The Morgan fingerprint density at radius 3 is 2.89 bits per heavy atom. The van der Waals surface area contributed by atoms with E-state index in [1.54, 1.807) is 6.92 Å². The zero-order valence-electron chi connectivity index (χ0n) is 10.4. The fourth-order valence-corrected chi connectivity index (χ4v) is 3.90. The lowest BCUT2D eigenvalue weighted by molar-refractivity contribution is 0.0165. The van der Waals surface area contributed by atoms with E-state index in [1.807, 2.05) is 0 Å². The van der Waals surface area contributed by atoms with Crippen molar-refractivity contribution < 1.29 is 22.7 Å². The van der Waals surface area contributed by atoms with Crippen LogP contribution in [0.4, 0.5) is 0 Å². The van der Waals surface area contributed by atoms with Crippen LogP contribution in [0.25, 0.3) is 0 Å². The molecule has 1 aromatic rings. The van der Waals surface area contributed by atoms with Crippen LogP contribution in [-0.2, 0) is 19.5 Å². The molecule has 8 heteroatoms. The van der Waals surface area contributed by atoms with Gasteiger partial charge in [0.1, 0.15) is 11.5 Å². The van der Waals surface area contributed by atoms with Crippen LogP contribution in [0, 0.1) is 6.92 Å². The number of primary sulfonamides is 1. The number of hydrogen-bond donors (Lipinski definition) is 1. The average molecular weight is 305 g/mol. The van der Waals surface area contributed by atoms with Crippen molar-refractivity contribution >= 4 is 27.3 Å².